The van der Waals surface area contributed by atoms with E-state index in [1.165, 1.54) is 0 Å². The summed E-state index contributed by atoms with van der Waals surface area (Å²) in [7, 11) is 1.93. The quantitative estimate of drug-likeness (QED) is 0.379. The van der Waals surface area contributed by atoms with Crippen LogP contribution in [-0.2, 0) is 18.3 Å². The molecule has 2 N–H and O–H groups in total. The number of aromatic nitrogens is 3. The van der Waals surface area contributed by atoms with Gasteiger partial charge in [0.1, 0.15) is 18.2 Å². The molecule has 1 aliphatic rings. The van der Waals surface area contributed by atoms with Crippen LogP contribution < -0.4 is 10.6 Å². The van der Waals surface area contributed by atoms with Gasteiger partial charge in [-0.2, -0.15) is 0 Å². The van der Waals surface area contributed by atoms with E-state index >= 15 is 0 Å². The molecule has 2 heterocycles. The topological polar surface area (TPSA) is 79.6 Å². The lowest BCUT2D eigenvalue weighted by atomic mass is 10.1. The molecule has 1 aromatic carbocycles. The Balaban J connectivity index is 1.61. The van der Waals surface area contributed by atoms with Gasteiger partial charge in [0.05, 0.1) is 19.3 Å². The summed E-state index contributed by atoms with van der Waals surface area (Å²) in [6.45, 7) is 11.5. The van der Waals surface area contributed by atoms with Crippen LogP contribution in [0.5, 0.6) is 0 Å². The number of aliphatic imine (C=N–C) groups is 1. The zero-order valence-electron chi connectivity index (χ0n) is 19.0. The van der Waals surface area contributed by atoms with Crippen molar-refractivity contribution >= 4 is 5.96 Å². The number of nitrogens with zero attached hydrogens (tertiary/aromatic N) is 5. The molecule has 2 aromatic rings. The average molecular weight is 432 g/mol. The van der Waals surface area contributed by atoms with Crippen LogP contribution in [-0.4, -0.2) is 65.0 Å². The van der Waals surface area contributed by atoms with Gasteiger partial charge in [0.2, 0.25) is 0 Å². The normalized spacial score (nSPS) is 16.4. The minimum Gasteiger partial charge on any atom is -0.379 e. The van der Waals surface area contributed by atoms with Crippen molar-refractivity contribution in [3.05, 3.63) is 46.8 Å². The average Bonchev–Trinajstić information content (AvgIpc) is 3.09. The standard InChI is InChI=1S/C22H34FN7O/c1-16-6-7-19(14-20(16)23)17(2)26-22(25-15-21-28-27-18(3)29(21)4)24-8-5-9-30-10-12-31-13-11-30/h6-7,14,17H,5,8-13,15H2,1-4H3,(H2,24,25,26). The maximum absolute atomic E-state index is 14.0. The zero-order chi connectivity index (χ0) is 22.2. The molecular weight excluding hydrogens is 397 g/mol. The third-order valence-corrected chi connectivity index (χ3v) is 5.66. The fraction of sp³-hybridized carbons (Fsp3) is 0.591. The van der Waals surface area contributed by atoms with Gasteiger partial charge in [-0.3, -0.25) is 4.90 Å². The minimum atomic E-state index is -0.197. The predicted molar refractivity (Wildman–Crippen MR) is 119 cm³/mol. The van der Waals surface area contributed by atoms with E-state index < -0.39 is 0 Å². The van der Waals surface area contributed by atoms with Crippen LogP contribution in [0.15, 0.2) is 23.2 Å². The third-order valence-electron chi connectivity index (χ3n) is 5.66. The third kappa shape index (κ3) is 6.73. The highest BCUT2D eigenvalue weighted by molar-refractivity contribution is 5.80. The summed E-state index contributed by atoms with van der Waals surface area (Å²) in [6, 6.07) is 5.23. The van der Waals surface area contributed by atoms with E-state index in [1.54, 1.807) is 19.1 Å². The lowest BCUT2D eigenvalue weighted by Gasteiger charge is -2.26. The van der Waals surface area contributed by atoms with Crippen LogP contribution in [0.2, 0.25) is 0 Å². The maximum Gasteiger partial charge on any atom is 0.192 e. The number of hydrogen-bond acceptors (Lipinski definition) is 5. The van der Waals surface area contributed by atoms with Gasteiger partial charge in [0.25, 0.3) is 0 Å². The summed E-state index contributed by atoms with van der Waals surface area (Å²) in [5.41, 5.74) is 1.52. The highest BCUT2D eigenvalue weighted by Gasteiger charge is 2.12. The van der Waals surface area contributed by atoms with Gasteiger partial charge in [-0.15, -0.1) is 10.2 Å². The monoisotopic (exact) mass is 431 g/mol. The number of rotatable bonds is 8. The summed E-state index contributed by atoms with van der Waals surface area (Å²) >= 11 is 0. The van der Waals surface area contributed by atoms with Crippen molar-refractivity contribution in [2.45, 2.75) is 39.8 Å². The number of morpholine rings is 1. The molecule has 0 spiro atoms. The molecule has 1 fully saturated rings. The molecule has 0 saturated carbocycles. The number of guanidine groups is 1. The Labute approximate surface area is 183 Å². The van der Waals surface area contributed by atoms with Crippen molar-refractivity contribution in [1.29, 1.82) is 0 Å². The fourth-order valence-electron chi connectivity index (χ4n) is 3.39. The Morgan fingerprint density at radius 3 is 2.71 bits per heavy atom. The number of benzene rings is 1. The van der Waals surface area contributed by atoms with Gasteiger partial charge in [-0.05, 0) is 50.9 Å². The smallest absolute Gasteiger partial charge is 0.192 e. The molecule has 1 atom stereocenters. The van der Waals surface area contributed by atoms with Crippen molar-refractivity contribution in [2.75, 3.05) is 39.4 Å². The summed E-state index contributed by atoms with van der Waals surface area (Å²) in [4.78, 5) is 7.11. The van der Waals surface area contributed by atoms with Crippen LogP contribution in [0.1, 0.15) is 42.2 Å². The van der Waals surface area contributed by atoms with Crippen LogP contribution in [0, 0.1) is 19.7 Å². The highest BCUT2D eigenvalue weighted by Crippen LogP contribution is 2.16. The Bertz CT molecular complexity index is 877. The molecule has 1 aliphatic heterocycles. The Hall–Kier alpha value is -2.52. The molecule has 1 aromatic heterocycles. The first-order valence-corrected chi connectivity index (χ1v) is 10.9. The Morgan fingerprint density at radius 1 is 1.26 bits per heavy atom. The number of aryl methyl sites for hydroxylation is 2. The Kier molecular flexibility index (Phi) is 8.36. The van der Waals surface area contributed by atoms with Crippen molar-refractivity contribution in [3.63, 3.8) is 0 Å². The summed E-state index contributed by atoms with van der Waals surface area (Å²) < 4.78 is 21.3. The summed E-state index contributed by atoms with van der Waals surface area (Å²) in [5, 5.41) is 15.1. The van der Waals surface area contributed by atoms with Crippen LogP contribution in [0.3, 0.4) is 0 Å². The minimum absolute atomic E-state index is 0.0955. The molecule has 0 bridgehead atoms. The molecule has 3 rings (SSSR count). The van der Waals surface area contributed by atoms with Crippen molar-refractivity contribution in [3.8, 4) is 0 Å². The zero-order valence-corrected chi connectivity index (χ0v) is 19.0. The lowest BCUT2D eigenvalue weighted by Crippen LogP contribution is -2.41. The second kappa shape index (κ2) is 11.2. The molecule has 8 nitrogen and oxygen atoms in total. The first-order chi connectivity index (χ1) is 14.9. The van der Waals surface area contributed by atoms with Crippen LogP contribution >= 0.6 is 0 Å². The fourth-order valence-corrected chi connectivity index (χ4v) is 3.39. The van der Waals surface area contributed by atoms with Crippen LogP contribution in [0.25, 0.3) is 0 Å². The first kappa shape index (κ1) is 23.1. The molecule has 1 saturated heterocycles. The Morgan fingerprint density at radius 2 is 2.03 bits per heavy atom. The van der Waals surface area contributed by atoms with Gasteiger partial charge in [0.15, 0.2) is 11.8 Å². The van der Waals surface area contributed by atoms with E-state index in [4.69, 9.17) is 9.73 Å². The van der Waals surface area contributed by atoms with Gasteiger partial charge in [-0.1, -0.05) is 12.1 Å². The van der Waals surface area contributed by atoms with E-state index in [2.05, 4.69) is 25.7 Å². The van der Waals surface area contributed by atoms with E-state index in [0.29, 0.717) is 18.1 Å². The second-order valence-corrected chi connectivity index (χ2v) is 8.00. The van der Waals surface area contributed by atoms with Gasteiger partial charge >= 0.3 is 0 Å². The van der Waals surface area contributed by atoms with Gasteiger partial charge in [0, 0.05) is 26.7 Å². The number of hydrogen-bond donors (Lipinski definition) is 2. The highest BCUT2D eigenvalue weighted by atomic mass is 19.1. The molecule has 170 valence electrons. The number of nitrogens with one attached hydrogen (secondary N) is 2. The largest absolute Gasteiger partial charge is 0.379 e. The second-order valence-electron chi connectivity index (χ2n) is 8.00. The molecule has 9 heteroatoms. The molecule has 0 radical (unpaired) electrons. The van der Waals surface area contributed by atoms with Crippen molar-refractivity contribution in [2.24, 2.45) is 12.0 Å². The van der Waals surface area contributed by atoms with E-state index in [1.807, 2.05) is 31.5 Å². The summed E-state index contributed by atoms with van der Waals surface area (Å²) in [6.07, 6.45) is 0.997. The predicted octanol–water partition coefficient (Wildman–Crippen LogP) is 2.09. The van der Waals surface area contributed by atoms with Gasteiger partial charge < -0.3 is 19.9 Å². The van der Waals surface area contributed by atoms with Gasteiger partial charge in [-0.25, -0.2) is 9.38 Å². The van der Waals surface area contributed by atoms with Crippen molar-refractivity contribution < 1.29 is 9.13 Å². The SMILES string of the molecule is Cc1ccc(C(C)NC(=NCc2nnc(C)n2C)NCCCN2CCOCC2)cc1F. The number of halogens is 1. The molecule has 31 heavy (non-hydrogen) atoms. The van der Waals surface area contributed by atoms with E-state index in [9.17, 15) is 4.39 Å². The maximum atomic E-state index is 14.0. The molecule has 1 unspecified atom stereocenters. The van der Waals surface area contributed by atoms with E-state index in [-0.39, 0.29) is 11.9 Å². The first-order valence-electron chi connectivity index (χ1n) is 10.9. The molecule has 0 aliphatic carbocycles. The van der Waals surface area contributed by atoms with Crippen molar-refractivity contribution in [1.82, 2.24) is 30.3 Å². The molecule has 0 amide bonds. The van der Waals surface area contributed by atoms with E-state index in [0.717, 1.165) is 63.0 Å². The lowest BCUT2D eigenvalue weighted by molar-refractivity contribution is 0.0376. The number of ether oxygens (including phenoxy) is 1. The molecular formula is C22H34FN7O. The summed E-state index contributed by atoms with van der Waals surface area (Å²) in [5.74, 6) is 2.12. The van der Waals surface area contributed by atoms with Crippen LogP contribution in [0.4, 0.5) is 4.39 Å².